The standard InChI is InChI=1S/C13H21NO2/c1-9(7-10-5-4-6-16-10)14-11-8-12(15)13(11,2)3/h4-6,9,11-12,14-15H,7-8H2,1-3H3. The molecule has 3 unspecified atom stereocenters. The Labute approximate surface area is 96.8 Å². The number of aliphatic hydroxyl groups excluding tert-OH is 1. The van der Waals surface area contributed by atoms with E-state index in [-0.39, 0.29) is 11.5 Å². The minimum Gasteiger partial charge on any atom is -0.469 e. The van der Waals surface area contributed by atoms with E-state index in [9.17, 15) is 5.11 Å². The summed E-state index contributed by atoms with van der Waals surface area (Å²) in [6, 6.07) is 4.70. The van der Waals surface area contributed by atoms with Crippen LogP contribution in [-0.4, -0.2) is 23.3 Å². The molecule has 0 bridgehead atoms. The molecule has 0 spiro atoms. The Morgan fingerprint density at radius 1 is 1.62 bits per heavy atom. The van der Waals surface area contributed by atoms with Crippen molar-refractivity contribution in [1.29, 1.82) is 0 Å². The number of furan rings is 1. The van der Waals surface area contributed by atoms with E-state index < -0.39 is 0 Å². The molecule has 3 atom stereocenters. The van der Waals surface area contributed by atoms with Gasteiger partial charge >= 0.3 is 0 Å². The zero-order valence-corrected chi connectivity index (χ0v) is 10.2. The third kappa shape index (κ3) is 2.15. The van der Waals surface area contributed by atoms with Crippen LogP contribution in [0.15, 0.2) is 22.8 Å². The first kappa shape index (κ1) is 11.7. The van der Waals surface area contributed by atoms with Gasteiger partial charge in [-0.15, -0.1) is 0 Å². The highest BCUT2D eigenvalue weighted by Gasteiger charge is 2.47. The summed E-state index contributed by atoms with van der Waals surface area (Å²) in [6.07, 6.45) is 3.30. The quantitative estimate of drug-likeness (QED) is 0.820. The maximum absolute atomic E-state index is 9.66. The van der Waals surface area contributed by atoms with Crippen LogP contribution in [0.2, 0.25) is 0 Å². The fraction of sp³-hybridized carbons (Fsp3) is 0.692. The Kier molecular flexibility index (Phi) is 3.08. The average Bonchev–Trinajstić information content (AvgIpc) is 2.70. The van der Waals surface area contributed by atoms with Crippen molar-refractivity contribution in [3.05, 3.63) is 24.2 Å². The molecule has 2 rings (SSSR count). The number of hydrogen-bond donors (Lipinski definition) is 2. The molecule has 0 radical (unpaired) electrons. The summed E-state index contributed by atoms with van der Waals surface area (Å²) in [7, 11) is 0. The second-order valence-electron chi connectivity index (χ2n) is 5.48. The van der Waals surface area contributed by atoms with Crippen molar-refractivity contribution in [2.45, 2.75) is 51.8 Å². The predicted molar refractivity (Wildman–Crippen MR) is 63.2 cm³/mol. The molecule has 1 aliphatic rings. The van der Waals surface area contributed by atoms with E-state index >= 15 is 0 Å². The minimum absolute atomic E-state index is 0.00256. The van der Waals surface area contributed by atoms with Crippen LogP contribution in [0.1, 0.15) is 33.0 Å². The second-order valence-corrected chi connectivity index (χ2v) is 5.48. The first-order valence-corrected chi connectivity index (χ1v) is 5.96. The summed E-state index contributed by atoms with van der Waals surface area (Å²) >= 11 is 0. The Hall–Kier alpha value is -0.800. The van der Waals surface area contributed by atoms with E-state index in [0.29, 0.717) is 12.1 Å². The highest BCUT2D eigenvalue weighted by atomic mass is 16.3. The van der Waals surface area contributed by atoms with Crippen LogP contribution in [0.5, 0.6) is 0 Å². The summed E-state index contributed by atoms with van der Waals surface area (Å²) in [5, 5.41) is 13.2. The van der Waals surface area contributed by atoms with Gasteiger partial charge < -0.3 is 14.8 Å². The van der Waals surface area contributed by atoms with Crippen molar-refractivity contribution in [3.8, 4) is 0 Å². The van der Waals surface area contributed by atoms with Crippen LogP contribution in [0.4, 0.5) is 0 Å². The molecule has 0 saturated heterocycles. The molecule has 1 fully saturated rings. The van der Waals surface area contributed by atoms with Gasteiger partial charge in [-0.05, 0) is 25.5 Å². The largest absolute Gasteiger partial charge is 0.469 e. The Bertz CT molecular complexity index is 332. The van der Waals surface area contributed by atoms with Crippen LogP contribution >= 0.6 is 0 Å². The minimum atomic E-state index is -0.166. The van der Waals surface area contributed by atoms with Crippen molar-refractivity contribution >= 4 is 0 Å². The van der Waals surface area contributed by atoms with E-state index in [2.05, 4.69) is 26.1 Å². The molecule has 2 N–H and O–H groups in total. The van der Waals surface area contributed by atoms with Gasteiger partial charge in [0.2, 0.25) is 0 Å². The van der Waals surface area contributed by atoms with Gasteiger partial charge in [-0.25, -0.2) is 0 Å². The molecule has 1 aliphatic carbocycles. The molecule has 1 aromatic rings. The van der Waals surface area contributed by atoms with E-state index in [1.165, 1.54) is 0 Å². The number of rotatable bonds is 4. The molecular formula is C13H21NO2. The molecule has 1 heterocycles. The van der Waals surface area contributed by atoms with E-state index in [1.54, 1.807) is 6.26 Å². The highest BCUT2D eigenvalue weighted by Crippen LogP contribution is 2.40. The zero-order valence-electron chi connectivity index (χ0n) is 10.2. The molecular weight excluding hydrogens is 202 g/mol. The predicted octanol–water partition coefficient (Wildman–Crippen LogP) is 1.96. The molecule has 1 saturated carbocycles. The maximum atomic E-state index is 9.66. The van der Waals surface area contributed by atoms with Gasteiger partial charge in [-0.3, -0.25) is 0 Å². The lowest BCUT2D eigenvalue weighted by atomic mass is 9.64. The fourth-order valence-corrected chi connectivity index (χ4v) is 2.32. The van der Waals surface area contributed by atoms with Gasteiger partial charge in [0.05, 0.1) is 12.4 Å². The third-order valence-corrected chi connectivity index (χ3v) is 3.79. The first-order chi connectivity index (χ1) is 7.50. The van der Waals surface area contributed by atoms with Crippen LogP contribution in [0, 0.1) is 5.41 Å². The van der Waals surface area contributed by atoms with Gasteiger partial charge in [0.25, 0.3) is 0 Å². The number of hydrogen-bond acceptors (Lipinski definition) is 3. The van der Waals surface area contributed by atoms with Crippen LogP contribution < -0.4 is 5.32 Å². The molecule has 90 valence electrons. The van der Waals surface area contributed by atoms with Crippen LogP contribution in [0.3, 0.4) is 0 Å². The van der Waals surface area contributed by atoms with E-state index in [0.717, 1.165) is 18.6 Å². The maximum Gasteiger partial charge on any atom is 0.105 e. The van der Waals surface area contributed by atoms with E-state index in [4.69, 9.17) is 4.42 Å². The zero-order chi connectivity index (χ0) is 11.8. The van der Waals surface area contributed by atoms with Gasteiger partial charge in [0.15, 0.2) is 0 Å². The molecule has 3 heteroatoms. The SMILES string of the molecule is CC(Cc1ccco1)NC1CC(O)C1(C)C. The normalized spacial score (nSPS) is 29.8. The van der Waals surface area contributed by atoms with E-state index in [1.807, 2.05) is 12.1 Å². The van der Waals surface area contributed by atoms with Crippen molar-refractivity contribution in [3.63, 3.8) is 0 Å². The lowest BCUT2D eigenvalue weighted by Crippen LogP contribution is -2.61. The smallest absolute Gasteiger partial charge is 0.105 e. The number of aliphatic hydroxyl groups is 1. The Morgan fingerprint density at radius 2 is 2.38 bits per heavy atom. The molecule has 0 aliphatic heterocycles. The number of nitrogens with one attached hydrogen (secondary N) is 1. The monoisotopic (exact) mass is 223 g/mol. The average molecular weight is 223 g/mol. The van der Waals surface area contributed by atoms with Gasteiger partial charge in [0.1, 0.15) is 5.76 Å². The highest BCUT2D eigenvalue weighted by molar-refractivity contribution is 5.04. The topological polar surface area (TPSA) is 45.4 Å². The van der Waals surface area contributed by atoms with Crippen molar-refractivity contribution in [1.82, 2.24) is 5.32 Å². The Balaban J connectivity index is 1.82. The molecule has 3 nitrogen and oxygen atoms in total. The lowest BCUT2D eigenvalue weighted by molar-refractivity contribution is -0.0753. The summed E-state index contributed by atoms with van der Waals surface area (Å²) in [5.41, 5.74) is -0.00256. The van der Waals surface area contributed by atoms with Gasteiger partial charge in [0, 0.05) is 23.9 Å². The van der Waals surface area contributed by atoms with Gasteiger partial charge in [-0.1, -0.05) is 13.8 Å². The lowest BCUT2D eigenvalue weighted by Gasteiger charge is -2.50. The summed E-state index contributed by atoms with van der Waals surface area (Å²) in [6.45, 7) is 6.38. The molecule has 16 heavy (non-hydrogen) atoms. The van der Waals surface area contributed by atoms with Crippen molar-refractivity contribution in [2.24, 2.45) is 5.41 Å². The van der Waals surface area contributed by atoms with Crippen molar-refractivity contribution < 1.29 is 9.52 Å². The first-order valence-electron chi connectivity index (χ1n) is 5.96. The summed E-state index contributed by atoms with van der Waals surface area (Å²) in [5.74, 6) is 1.01. The second kappa shape index (κ2) is 4.22. The fourth-order valence-electron chi connectivity index (χ4n) is 2.32. The van der Waals surface area contributed by atoms with Gasteiger partial charge in [-0.2, -0.15) is 0 Å². The van der Waals surface area contributed by atoms with Crippen LogP contribution in [-0.2, 0) is 6.42 Å². The molecule has 1 aromatic heterocycles. The summed E-state index contributed by atoms with van der Waals surface area (Å²) in [4.78, 5) is 0. The molecule has 0 amide bonds. The van der Waals surface area contributed by atoms with Crippen molar-refractivity contribution in [2.75, 3.05) is 0 Å². The van der Waals surface area contributed by atoms with Crippen LogP contribution in [0.25, 0.3) is 0 Å². The Morgan fingerprint density at radius 3 is 2.88 bits per heavy atom. The molecule has 0 aromatic carbocycles. The third-order valence-electron chi connectivity index (χ3n) is 3.79. The summed E-state index contributed by atoms with van der Waals surface area (Å²) < 4.78 is 5.32.